The van der Waals surface area contributed by atoms with Crippen molar-refractivity contribution in [1.82, 2.24) is 20.2 Å². The van der Waals surface area contributed by atoms with E-state index in [1.807, 2.05) is 0 Å². The Morgan fingerprint density at radius 3 is 2.52 bits per heavy atom. The van der Waals surface area contributed by atoms with Gasteiger partial charge in [-0.05, 0) is 11.6 Å². The molecule has 23 heavy (non-hydrogen) atoms. The third-order valence-electron chi connectivity index (χ3n) is 4.12. The third-order valence-corrected chi connectivity index (χ3v) is 4.12. The number of likely N-dealkylation sites (N-methyl/N-ethyl adjacent to an activating group) is 2. The van der Waals surface area contributed by atoms with E-state index in [9.17, 15) is 19.2 Å². The van der Waals surface area contributed by atoms with Crippen LogP contribution in [0, 0.1) is 0 Å². The van der Waals surface area contributed by atoms with Crippen LogP contribution in [0.5, 0.6) is 0 Å². The minimum atomic E-state index is -0.595. The van der Waals surface area contributed by atoms with Crippen molar-refractivity contribution >= 4 is 23.8 Å². The van der Waals surface area contributed by atoms with Crippen molar-refractivity contribution < 1.29 is 19.2 Å². The van der Waals surface area contributed by atoms with Gasteiger partial charge in [-0.15, -0.1) is 0 Å². The fraction of sp³-hybridized carbons (Fsp3) is 0.333. The van der Waals surface area contributed by atoms with E-state index in [2.05, 4.69) is 5.43 Å². The van der Waals surface area contributed by atoms with Crippen molar-refractivity contribution in [2.45, 2.75) is 5.92 Å². The molecule has 0 saturated carbocycles. The van der Waals surface area contributed by atoms with Gasteiger partial charge in [0.1, 0.15) is 6.54 Å². The van der Waals surface area contributed by atoms with Crippen LogP contribution in [-0.2, 0) is 9.59 Å². The number of benzene rings is 1. The average molecular weight is 316 g/mol. The normalized spacial score (nSPS) is 20.9. The molecule has 0 spiro atoms. The SMILES string of the molecule is CN1CC(C(=O)NN2CC(=O)N(C)C2=O)c2ccccc2C1=O. The summed E-state index contributed by atoms with van der Waals surface area (Å²) in [7, 11) is 2.98. The number of hydrogen-bond donors (Lipinski definition) is 1. The molecule has 2 heterocycles. The van der Waals surface area contributed by atoms with Crippen molar-refractivity contribution in [3.05, 3.63) is 35.4 Å². The second kappa shape index (κ2) is 5.38. The molecule has 8 nitrogen and oxygen atoms in total. The number of nitrogens with one attached hydrogen (secondary N) is 1. The van der Waals surface area contributed by atoms with Crippen LogP contribution in [-0.4, -0.2) is 65.7 Å². The maximum atomic E-state index is 12.6. The third kappa shape index (κ3) is 2.41. The summed E-state index contributed by atoms with van der Waals surface area (Å²) in [5.74, 6) is -1.54. The lowest BCUT2D eigenvalue weighted by atomic mass is 9.89. The number of carbonyl (C=O) groups excluding carboxylic acids is 4. The van der Waals surface area contributed by atoms with Gasteiger partial charge in [-0.2, -0.15) is 0 Å². The Bertz CT molecular complexity index is 717. The lowest BCUT2D eigenvalue weighted by Gasteiger charge is -2.31. The monoisotopic (exact) mass is 316 g/mol. The van der Waals surface area contributed by atoms with E-state index < -0.39 is 17.9 Å². The smallest absolute Gasteiger partial charge is 0.341 e. The first-order valence-corrected chi connectivity index (χ1v) is 7.13. The number of hydrazine groups is 1. The van der Waals surface area contributed by atoms with Crippen molar-refractivity contribution in [2.24, 2.45) is 0 Å². The summed E-state index contributed by atoms with van der Waals surface area (Å²) in [6.07, 6.45) is 0. The summed E-state index contributed by atoms with van der Waals surface area (Å²) in [4.78, 5) is 50.5. The average Bonchev–Trinajstić information content (AvgIpc) is 2.78. The molecule has 2 aliphatic heterocycles. The van der Waals surface area contributed by atoms with Crippen LogP contribution in [0.1, 0.15) is 21.8 Å². The highest BCUT2D eigenvalue weighted by atomic mass is 16.2. The predicted octanol–water partition coefficient (Wildman–Crippen LogP) is -0.219. The topological polar surface area (TPSA) is 90.0 Å². The number of fused-ring (bicyclic) bond motifs is 1. The molecule has 8 heteroatoms. The van der Waals surface area contributed by atoms with Crippen LogP contribution < -0.4 is 5.43 Å². The van der Waals surface area contributed by atoms with Crippen LogP contribution in [0.25, 0.3) is 0 Å². The van der Waals surface area contributed by atoms with Gasteiger partial charge in [-0.1, -0.05) is 18.2 Å². The standard InChI is InChI=1S/C15H16N4O4/c1-17-7-11(9-5-3-4-6-10(9)14(17)22)13(21)16-19-8-12(20)18(2)15(19)23/h3-6,11H,7-8H2,1-2H3,(H,16,21). The molecule has 0 bridgehead atoms. The molecule has 1 N–H and O–H groups in total. The van der Waals surface area contributed by atoms with Gasteiger partial charge in [0, 0.05) is 26.2 Å². The summed E-state index contributed by atoms with van der Waals surface area (Å²) in [5.41, 5.74) is 3.58. The van der Waals surface area contributed by atoms with E-state index in [0.29, 0.717) is 11.1 Å². The molecule has 1 aromatic carbocycles. The Morgan fingerprint density at radius 1 is 1.17 bits per heavy atom. The summed E-state index contributed by atoms with van der Waals surface area (Å²) < 4.78 is 0. The van der Waals surface area contributed by atoms with E-state index >= 15 is 0 Å². The van der Waals surface area contributed by atoms with Gasteiger partial charge < -0.3 is 4.90 Å². The van der Waals surface area contributed by atoms with Crippen molar-refractivity contribution in [1.29, 1.82) is 0 Å². The van der Waals surface area contributed by atoms with Crippen LogP contribution in [0.4, 0.5) is 4.79 Å². The molecule has 0 aromatic heterocycles. The van der Waals surface area contributed by atoms with Crippen LogP contribution >= 0.6 is 0 Å². The first-order valence-electron chi connectivity index (χ1n) is 7.13. The molecular formula is C15H16N4O4. The number of rotatable bonds is 2. The van der Waals surface area contributed by atoms with Gasteiger partial charge >= 0.3 is 6.03 Å². The first kappa shape index (κ1) is 15.0. The molecule has 2 aliphatic rings. The molecule has 0 aliphatic carbocycles. The molecule has 1 aromatic rings. The Kier molecular flexibility index (Phi) is 3.51. The van der Waals surface area contributed by atoms with Gasteiger partial charge in [0.2, 0.25) is 5.91 Å². The number of urea groups is 1. The molecule has 0 radical (unpaired) electrons. The Labute approximate surface area is 132 Å². The maximum Gasteiger partial charge on any atom is 0.345 e. The zero-order valence-electron chi connectivity index (χ0n) is 12.8. The summed E-state index contributed by atoms with van der Waals surface area (Å²) in [6, 6.07) is 6.33. The predicted molar refractivity (Wildman–Crippen MR) is 79.2 cm³/mol. The van der Waals surface area contributed by atoms with Crippen LogP contribution in [0.2, 0.25) is 0 Å². The lowest BCUT2D eigenvalue weighted by Crippen LogP contribution is -2.49. The number of amides is 5. The van der Waals surface area contributed by atoms with E-state index in [1.54, 1.807) is 31.3 Å². The van der Waals surface area contributed by atoms with Gasteiger partial charge in [0.15, 0.2) is 0 Å². The first-order chi connectivity index (χ1) is 10.9. The number of hydrogen-bond acceptors (Lipinski definition) is 4. The molecule has 5 amide bonds. The van der Waals surface area contributed by atoms with Gasteiger partial charge in [0.25, 0.3) is 11.8 Å². The number of imide groups is 1. The fourth-order valence-electron chi connectivity index (χ4n) is 2.78. The van der Waals surface area contributed by atoms with Gasteiger partial charge in [-0.25, -0.2) is 9.80 Å². The molecule has 1 unspecified atom stereocenters. The van der Waals surface area contributed by atoms with Gasteiger partial charge in [0.05, 0.1) is 5.92 Å². The minimum absolute atomic E-state index is 0.142. The molecule has 1 atom stereocenters. The highest BCUT2D eigenvalue weighted by Crippen LogP contribution is 2.27. The van der Waals surface area contributed by atoms with Crippen LogP contribution in [0.3, 0.4) is 0 Å². The second-order valence-electron chi connectivity index (χ2n) is 5.62. The van der Waals surface area contributed by atoms with Crippen molar-refractivity contribution in [3.63, 3.8) is 0 Å². The van der Waals surface area contributed by atoms with E-state index in [-0.39, 0.29) is 24.9 Å². The second-order valence-corrected chi connectivity index (χ2v) is 5.62. The number of carbonyl (C=O) groups is 4. The largest absolute Gasteiger partial charge is 0.345 e. The summed E-state index contributed by atoms with van der Waals surface area (Å²) in [5, 5.41) is 0.990. The fourth-order valence-corrected chi connectivity index (χ4v) is 2.78. The Hall–Kier alpha value is -2.90. The Balaban J connectivity index is 1.83. The molecular weight excluding hydrogens is 300 g/mol. The molecule has 1 saturated heterocycles. The maximum absolute atomic E-state index is 12.6. The summed E-state index contributed by atoms with van der Waals surface area (Å²) in [6.45, 7) is 0.0255. The van der Waals surface area contributed by atoms with E-state index in [0.717, 1.165) is 9.91 Å². The Morgan fingerprint density at radius 2 is 1.87 bits per heavy atom. The van der Waals surface area contributed by atoms with Crippen LogP contribution in [0.15, 0.2) is 24.3 Å². The molecule has 3 rings (SSSR count). The molecule has 1 fully saturated rings. The minimum Gasteiger partial charge on any atom is -0.341 e. The zero-order chi connectivity index (χ0) is 16.7. The lowest BCUT2D eigenvalue weighted by molar-refractivity contribution is -0.127. The van der Waals surface area contributed by atoms with E-state index in [4.69, 9.17) is 0 Å². The molecule has 120 valence electrons. The van der Waals surface area contributed by atoms with Crippen molar-refractivity contribution in [2.75, 3.05) is 27.2 Å². The highest BCUT2D eigenvalue weighted by Gasteiger charge is 2.38. The van der Waals surface area contributed by atoms with Crippen molar-refractivity contribution in [3.8, 4) is 0 Å². The number of nitrogens with zero attached hydrogens (tertiary/aromatic N) is 3. The van der Waals surface area contributed by atoms with E-state index in [1.165, 1.54) is 11.9 Å². The van der Waals surface area contributed by atoms with Gasteiger partial charge in [-0.3, -0.25) is 24.7 Å². The zero-order valence-corrected chi connectivity index (χ0v) is 12.8. The quantitative estimate of drug-likeness (QED) is 0.764. The summed E-state index contributed by atoms with van der Waals surface area (Å²) >= 11 is 0. The highest BCUT2D eigenvalue weighted by molar-refractivity contribution is 6.03.